The molecule has 2 aliphatic rings. The Morgan fingerprint density at radius 1 is 1.44 bits per heavy atom. The predicted molar refractivity (Wildman–Crippen MR) is 64.0 cm³/mol. The first-order chi connectivity index (χ1) is 7.81. The fourth-order valence-electron chi connectivity index (χ4n) is 1.95. The van der Waals surface area contributed by atoms with Gasteiger partial charge >= 0.3 is 0 Å². The van der Waals surface area contributed by atoms with Gasteiger partial charge in [0, 0.05) is 18.7 Å². The molecule has 5 heteroatoms. The average molecular weight is 237 g/mol. The standard InChI is InChI=1S/C11H15N3OS/c16-10-6-9(12-7-3-4-7)13-11(14-10)8-2-1-5-15-8/h6-8H,1-5H2,(H2,12,13,14,16). The van der Waals surface area contributed by atoms with Crippen LogP contribution >= 0.6 is 12.2 Å². The second kappa shape index (κ2) is 4.14. The van der Waals surface area contributed by atoms with Crippen molar-refractivity contribution in [2.75, 3.05) is 11.9 Å². The summed E-state index contributed by atoms with van der Waals surface area (Å²) in [4.78, 5) is 7.62. The molecule has 1 unspecified atom stereocenters. The zero-order chi connectivity index (χ0) is 11.0. The van der Waals surface area contributed by atoms with Gasteiger partial charge in [-0.05, 0) is 25.7 Å². The number of nitrogens with one attached hydrogen (secondary N) is 2. The van der Waals surface area contributed by atoms with Crippen LogP contribution in [0.15, 0.2) is 6.07 Å². The molecule has 1 saturated carbocycles. The van der Waals surface area contributed by atoms with Gasteiger partial charge in [0.15, 0.2) is 0 Å². The summed E-state index contributed by atoms with van der Waals surface area (Å²) in [6.07, 6.45) is 4.73. The Kier molecular flexibility index (Phi) is 2.65. The third-order valence-electron chi connectivity index (χ3n) is 2.93. The van der Waals surface area contributed by atoms with Crippen molar-refractivity contribution in [3.63, 3.8) is 0 Å². The monoisotopic (exact) mass is 237 g/mol. The first kappa shape index (κ1) is 10.2. The van der Waals surface area contributed by atoms with Crippen molar-refractivity contribution in [1.29, 1.82) is 0 Å². The van der Waals surface area contributed by atoms with Gasteiger partial charge in [0.2, 0.25) is 0 Å². The van der Waals surface area contributed by atoms with Crippen LogP contribution in [0.25, 0.3) is 0 Å². The molecule has 1 aromatic heterocycles. The third-order valence-corrected chi connectivity index (χ3v) is 3.14. The summed E-state index contributed by atoms with van der Waals surface area (Å²) in [6, 6.07) is 2.50. The minimum absolute atomic E-state index is 0.0997. The van der Waals surface area contributed by atoms with E-state index in [0.29, 0.717) is 10.7 Å². The highest BCUT2D eigenvalue weighted by Gasteiger charge is 2.23. The molecule has 3 rings (SSSR count). The first-order valence-electron chi connectivity index (χ1n) is 5.81. The van der Waals surface area contributed by atoms with Crippen molar-refractivity contribution in [3.8, 4) is 0 Å². The maximum Gasteiger partial charge on any atom is 0.138 e. The van der Waals surface area contributed by atoms with Gasteiger partial charge in [-0.2, -0.15) is 0 Å². The molecule has 0 spiro atoms. The summed E-state index contributed by atoms with van der Waals surface area (Å²) >= 11 is 5.17. The molecule has 16 heavy (non-hydrogen) atoms. The van der Waals surface area contributed by atoms with Gasteiger partial charge in [0.1, 0.15) is 22.4 Å². The average Bonchev–Trinajstić information content (AvgIpc) is 2.90. The molecule has 0 radical (unpaired) electrons. The summed E-state index contributed by atoms with van der Waals surface area (Å²) in [6.45, 7) is 0.827. The molecule has 1 aromatic rings. The second-order valence-corrected chi connectivity index (χ2v) is 4.86. The molecule has 2 fully saturated rings. The van der Waals surface area contributed by atoms with Crippen LogP contribution in [0, 0.1) is 4.64 Å². The Morgan fingerprint density at radius 3 is 3.00 bits per heavy atom. The van der Waals surface area contributed by atoms with E-state index in [1.807, 2.05) is 6.07 Å². The molecule has 4 nitrogen and oxygen atoms in total. The highest BCUT2D eigenvalue weighted by atomic mass is 32.1. The number of aromatic nitrogens is 2. The van der Waals surface area contributed by atoms with Crippen LogP contribution in [0.2, 0.25) is 0 Å². The second-order valence-electron chi connectivity index (χ2n) is 4.44. The Bertz CT molecular complexity index is 435. The van der Waals surface area contributed by atoms with Crippen LogP contribution in [0.3, 0.4) is 0 Å². The summed E-state index contributed by atoms with van der Waals surface area (Å²) in [5.41, 5.74) is 0. The van der Waals surface area contributed by atoms with Gasteiger partial charge in [0.05, 0.1) is 0 Å². The van der Waals surface area contributed by atoms with Crippen molar-refractivity contribution < 1.29 is 4.74 Å². The Hall–Kier alpha value is -0.940. The van der Waals surface area contributed by atoms with Crippen molar-refractivity contribution in [1.82, 2.24) is 9.97 Å². The number of rotatable bonds is 3. The van der Waals surface area contributed by atoms with E-state index >= 15 is 0 Å². The molecular weight excluding hydrogens is 222 g/mol. The number of aromatic amines is 1. The van der Waals surface area contributed by atoms with E-state index in [1.54, 1.807) is 0 Å². The van der Waals surface area contributed by atoms with E-state index in [-0.39, 0.29) is 6.10 Å². The molecule has 2 N–H and O–H groups in total. The van der Waals surface area contributed by atoms with Gasteiger partial charge in [-0.15, -0.1) is 0 Å². The van der Waals surface area contributed by atoms with Gasteiger partial charge in [-0.3, -0.25) is 0 Å². The lowest BCUT2D eigenvalue weighted by Crippen LogP contribution is -2.08. The summed E-state index contributed by atoms with van der Waals surface area (Å²) in [5.74, 6) is 1.85. The third kappa shape index (κ3) is 2.25. The van der Waals surface area contributed by atoms with Crippen LogP contribution in [0.5, 0.6) is 0 Å². The topological polar surface area (TPSA) is 49.9 Å². The number of ether oxygens (including phenoxy) is 1. The first-order valence-corrected chi connectivity index (χ1v) is 6.21. The maximum atomic E-state index is 5.60. The normalized spacial score (nSPS) is 24.6. The zero-order valence-electron chi connectivity index (χ0n) is 9.03. The number of nitrogens with zero attached hydrogens (tertiary/aromatic N) is 1. The molecule has 0 bridgehead atoms. The van der Waals surface area contributed by atoms with Gasteiger partial charge in [-0.25, -0.2) is 4.98 Å². The van der Waals surface area contributed by atoms with E-state index in [1.165, 1.54) is 12.8 Å². The predicted octanol–water partition coefficient (Wildman–Crippen LogP) is 2.56. The minimum atomic E-state index is 0.0997. The fourth-order valence-corrected chi connectivity index (χ4v) is 2.16. The lowest BCUT2D eigenvalue weighted by atomic mass is 10.2. The Morgan fingerprint density at radius 2 is 2.31 bits per heavy atom. The molecular formula is C11H15N3OS. The summed E-state index contributed by atoms with van der Waals surface area (Å²) in [7, 11) is 0. The number of hydrogen-bond donors (Lipinski definition) is 2. The van der Waals surface area contributed by atoms with Crippen LogP contribution in [-0.4, -0.2) is 22.6 Å². The number of hydrogen-bond acceptors (Lipinski definition) is 4. The van der Waals surface area contributed by atoms with E-state index in [9.17, 15) is 0 Å². The highest BCUT2D eigenvalue weighted by Crippen LogP contribution is 2.28. The van der Waals surface area contributed by atoms with Crippen molar-refractivity contribution in [2.45, 2.75) is 37.8 Å². The molecule has 2 heterocycles. The summed E-state index contributed by atoms with van der Waals surface area (Å²) in [5, 5.41) is 3.40. The fraction of sp³-hybridized carbons (Fsp3) is 0.636. The van der Waals surface area contributed by atoms with Crippen molar-refractivity contribution >= 4 is 18.0 Å². The molecule has 0 aromatic carbocycles. The van der Waals surface area contributed by atoms with Crippen LogP contribution in [0.4, 0.5) is 5.82 Å². The highest BCUT2D eigenvalue weighted by molar-refractivity contribution is 7.71. The lowest BCUT2D eigenvalue weighted by Gasteiger charge is -2.11. The maximum absolute atomic E-state index is 5.60. The smallest absolute Gasteiger partial charge is 0.138 e. The molecule has 1 aliphatic heterocycles. The van der Waals surface area contributed by atoms with Gasteiger partial charge in [0.25, 0.3) is 0 Å². The van der Waals surface area contributed by atoms with Crippen LogP contribution in [0.1, 0.15) is 37.6 Å². The van der Waals surface area contributed by atoms with Gasteiger partial charge < -0.3 is 15.0 Å². The zero-order valence-corrected chi connectivity index (χ0v) is 9.85. The quantitative estimate of drug-likeness (QED) is 0.793. The Labute approximate surface area is 99.4 Å². The van der Waals surface area contributed by atoms with E-state index in [4.69, 9.17) is 17.0 Å². The van der Waals surface area contributed by atoms with Crippen molar-refractivity contribution in [2.24, 2.45) is 0 Å². The number of H-pyrrole nitrogens is 1. The largest absolute Gasteiger partial charge is 0.370 e. The minimum Gasteiger partial charge on any atom is -0.370 e. The van der Waals surface area contributed by atoms with E-state index in [2.05, 4.69) is 15.3 Å². The van der Waals surface area contributed by atoms with Crippen LogP contribution < -0.4 is 5.32 Å². The summed E-state index contributed by atoms with van der Waals surface area (Å²) < 4.78 is 6.23. The molecule has 0 amide bonds. The molecule has 1 atom stereocenters. The lowest BCUT2D eigenvalue weighted by molar-refractivity contribution is 0.105. The molecule has 1 aliphatic carbocycles. The van der Waals surface area contributed by atoms with Gasteiger partial charge in [-0.1, -0.05) is 12.2 Å². The van der Waals surface area contributed by atoms with Crippen LogP contribution in [-0.2, 0) is 4.74 Å². The van der Waals surface area contributed by atoms with Crippen molar-refractivity contribution in [3.05, 3.63) is 16.5 Å². The van der Waals surface area contributed by atoms with E-state index < -0.39 is 0 Å². The number of anilines is 1. The Balaban J connectivity index is 1.85. The van der Waals surface area contributed by atoms with E-state index in [0.717, 1.165) is 31.1 Å². The molecule has 1 saturated heterocycles. The SMILES string of the molecule is S=c1cc(NC2CC2)[nH]c(C2CCCO2)n1. The molecule has 86 valence electrons.